The molecule has 0 aliphatic carbocycles. The number of thiazole rings is 1. The van der Waals surface area contributed by atoms with E-state index in [4.69, 9.17) is 0 Å². The normalized spacial score (nSPS) is 11.1. The Kier molecular flexibility index (Phi) is 5.40. The van der Waals surface area contributed by atoms with Gasteiger partial charge in [0.2, 0.25) is 5.91 Å². The van der Waals surface area contributed by atoms with Crippen molar-refractivity contribution in [3.63, 3.8) is 0 Å². The summed E-state index contributed by atoms with van der Waals surface area (Å²) in [6.45, 7) is 5.04. The van der Waals surface area contributed by atoms with Gasteiger partial charge in [0, 0.05) is 18.9 Å². The van der Waals surface area contributed by atoms with Crippen LogP contribution in [-0.4, -0.2) is 27.2 Å². The molecule has 7 heteroatoms. The largest absolute Gasteiger partial charge is 0.286 e. The molecule has 0 N–H and O–H groups in total. The van der Waals surface area contributed by atoms with Crippen LogP contribution in [0.2, 0.25) is 0 Å². The van der Waals surface area contributed by atoms with Crippen LogP contribution in [0.5, 0.6) is 0 Å². The number of benzene rings is 2. The molecule has 0 bridgehead atoms. The molecular weight excluding hydrogens is 387 g/mol. The second-order valence-electron chi connectivity index (χ2n) is 7.03. The van der Waals surface area contributed by atoms with Gasteiger partial charge in [0.25, 0.3) is 0 Å². The lowest BCUT2D eigenvalue weighted by Gasteiger charge is -2.20. The summed E-state index contributed by atoms with van der Waals surface area (Å²) >= 11 is 1.33. The summed E-state index contributed by atoms with van der Waals surface area (Å²) in [4.78, 5) is 19.5. The molecule has 2 aromatic heterocycles. The van der Waals surface area contributed by atoms with Gasteiger partial charge < -0.3 is 0 Å². The maximum absolute atomic E-state index is 13.6. The lowest BCUT2D eigenvalue weighted by molar-refractivity contribution is -0.118. The molecule has 4 aromatic rings. The van der Waals surface area contributed by atoms with E-state index in [-0.39, 0.29) is 18.1 Å². The number of carbonyl (C=O) groups is 1. The van der Waals surface area contributed by atoms with E-state index < -0.39 is 0 Å². The van der Waals surface area contributed by atoms with Crippen LogP contribution in [0.1, 0.15) is 16.7 Å². The Bertz CT molecular complexity index is 1150. The third-order valence-corrected chi connectivity index (χ3v) is 5.86. The highest BCUT2D eigenvalue weighted by molar-refractivity contribution is 7.22. The Balaban J connectivity index is 1.63. The highest BCUT2D eigenvalue weighted by Crippen LogP contribution is 2.30. The summed E-state index contributed by atoms with van der Waals surface area (Å²) < 4.78 is 16.1. The minimum atomic E-state index is -0.308. The molecule has 2 aromatic carbocycles. The Morgan fingerprint density at radius 2 is 2.07 bits per heavy atom. The van der Waals surface area contributed by atoms with Crippen LogP contribution in [0.3, 0.4) is 0 Å². The van der Waals surface area contributed by atoms with Gasteiger partial charge in [-0.05, 0) is 49.2 Å². The number of halogens is 1. The SMILES string of the molecule is Cc1ccc(CC(=O)N(CCn2cccn2)c2nc3ccc(F)cc3s2)c(C)c1. The topological polar surface area (TPSA) is 51.0 Å². The number of fused-ring (bicyclic) bond motifs is 1. The maximum atomic E-state index is 13.6. The first-order chi connectivity index (χ1) is 14.0. The number of amides is 1. The van der Waals surface area contributed by atoms with Crippen LogP contribution < -0.4 is 4.90 Å². The van der Waals surface area contributed by atoms with Crippen molar-refractivity contribution in [2.75, 3.05) is 11.4 Å². The lowest BCUT2D eigenvalue weighted by Crippen LogP contribution is -2.35. The molecule has 5 nitrogen and oxygen atoms in total. The van der Waals surface area contributed by atoms with E-state index in [2.05, 4.69) is 16.1 Å². The zero-order valence-electron chi connectivity index (χ0n) is 16.3. The number of aryl methyl sites for hydroxylation is 2. The molecule has 1 amide bonds. The second kappa shape index (κ2) is 8.13. The Morgan fingerprint density at radius 1 is 1.21 bits per heavy atom. The predicted octanol–water partition coefficient (Wildman–Crippen LogP) is 4.52. The van der Waals surface area contributed by atoms with Gasteiger partial charge in [-0.15, -0.1) is 0 Å². The summed E-state index contributed by atoms with van der Waals surface area (Å²) in [5.74, 6) is -0.346. The summed E-state index contributed by atoms with van der Waals surface area (Å²) in [6.07, 6.45) is 3.86. The molecule has 0 radical (unpaired) electrons. The van der Waals surface area contributed by atoms with E-state index in [0.717, 1.165) is 15.8 Å². The fourth-order valence-corrected chi connectivity index (χ4v) is 4.30. The highest BCUT2D eigenvalue weighted by Gasteiger charge is 2.21. The number of aromatic nitrogens is 3. The van der Waals surface area contributed by atoms with E-state index in [1.807, 2.05) is 38.2 Å². The molecule has 0 saturated carbocycles. The van der Waals surface area contributed by atoms with Crippen molar-refractivity contribution in [2.24, 2.45) is 0 Å². The predicted molar refractivity (Wildman–Crippen MR) is 114 cm³/mol. The van der Waals surface area contributed by atoms with Crippen molar-refractivity contribution >= 4 is 32.6 Å². The zero-order valence-corrected chi connectivity index (χ0v) is 17.1. The first-order valence-electron chi connectivity index (χ1n) is 9.39. The van der Waals surface area contributed by atoms with Crippen LogP contribution in [0.4, 0.5) is 9.52 Å². The molecule has 0 fully saturated rings. The van der Waals surface area contributed by atoms with Crippen LogP contribution in [0.25, 0.3) is 10.2 Å². The smallest absolute Gasteiger partial charge is 0.233 e. The molecule has 148 valence electrons. The second-order valence-corrected chi connectivity index (χ2v) is 8.04. The van der Waals surface area contributed by atoms with Gasteiger partial charge in [0.15, 0.2) is 5.13 Å². The van der Waals surface area contributed by atoms with E-state index in [0.29, 0.717) is 23.7 Å². The van der Waals surface area contributed by atoms with Crippen LogP contribution >= 0.6 is 11.3 Å². The average Bonchev–Trinajstić information content (AvgIpc) is 3.33. The molecule has 0 saturated heterocycles. The third kappa shape index (κ3) is 4.35. The molecule has 2 heterocycles. The standard InChI is InChI=1S/C22H21FN4OS/c1-15-4-5-17(16(2)12-15)13-21(28)27(11-10-26-9-3-8-24-26)22-25-19-7-6-18(23)14-20(19)29-22/h3-9,12,14H,10-11,13H2,1-2H3. The Morgan fingerprint density at radius 3 is 2.83 bits per heavy atom. The molecule has 4 rings (SSSR count). The molecule has 29 heavy (non-hydrogen) atoms. The minimum Gasteiger partial charge on any atom is -0.286 e. The quantitative estimate of drug-likeness (QED) is 0.471. The minimum absolute atomic E-state index is 0.0383. The van der Waals surface area contributed by atoms with Gasteiger partial charge in [-0.25, -0.2) is 9.37 Å². The lowest BCUT2D eigenvalue weighted by atomic mass is 10.0. The molecule has 0 unspecified atom stereocenters. The third-order valence-electron chi connectivity index (χ3n) is 4.82. The number of rotatable bonds is 6. The molecule has 0 atom stereocenters. The van der Waals surface area contributed by atoms with Gasteiger partial charge >= 0.3 is 0 Å². The van der Waals surface area contributed by atoms with E-state index in [1.54, 1.807) is 21.8 Å². The van der Waals surface area contributed by atoms with Gasteiger partial charge in [-0.1, -0.05) is 35.1 Å². The molecule has 0 aliphatic heterocycles. The summed E-state index contributed by atoms with van der Waals surface area (Å²) in [5, 5.41) is 4.79. The zero-order chi connectivity index (χ0) is 20.4. The van der Waals surface area contributed by atoms with E-state index in [1.165, 1.54) is 29.0 Å². The van der Waals surface area contributed by atoms with Crippen molar-refractivity contribution in [2.45, 2.75) is 26.8 Å². The molecule has 0 aliphatic rings. The Hall–Kier alpha value is -3.06. The van der Waals surface area contributed by atoms with Crippen molar-refractivity contribution in [3.8, 4) is 0 Å². The van der Waals surface area contributed by atoms with Crippen molar-refractivity contribution in [1.82, 2.24) is 14.8 Å². The Labute approximate surface area is 172 Å². The number of carbonyl (C=O) groups excluding carboxylic acids is 1. The van der Waals surface area contributed by atoms with Crippen molar-refractivity contribution in [3.05, 3.63) is 77.4 Å². The molecule has 0 spiro atoms. The molecular formula is C22H21FN4OS. The number of anilines is 1. The number of nitrogens with zero attached hydrogens (tertiary/aromatic N) is 4. The first-order valence-corrected chi connectivity index (χ1v) is 10.2. The fourth-order valence-electron chi connectivity index (χ4n) is 3.27. The summed E-state index contributed by atoms with van der Waals surface area (Å²) in [5.41, 5.74) is 3.95. The monoisotopic (exact) mass is 408 g/mol. The van der Waals surface area contributed by atoms with Gasteiger partial charge in [0.05, 0.1) is 23.2 Å². The summed E-state index contributed by atoms with van der Waals surface area (Å²) in [7, 11) is 0. The van der Waals surface area contributed by atoms with E-state index >= 15 is 0 Å². The van der Waals surface area contributed by atoms with Crippen LogP contribution in [-0.2, 0) is 17.8 Å². The fraction of sp³-hybridized carbons (Fsp3) is 0.227. The van der Waals surface area contributed by atoms with Gasteiger partial charge in [-0.2, -0.15) is 5.10 Å². The van der Waals surface area contributed by atoms with Crippen molar-refractivity contribution in [1.29, 1.82) is 0 Å². The average molecular weight is 409 g/mol. The summed E-state index contributed by atoms with van der Waals surface area (Å²) in [6, 6.07) is 12.4. The number of hydrogen-bond donors (Lipinski definition) is 0. The van der Waals surface area contributed by atoms with E-state index in [9.17, 15) is 9.18 Å². The highest BCUT2D eigenvalue weighted by atomic mass is 32.1. The first kappa shape index (κ1) is 19.3. The van der Waals surface area contributed by atoms with Crippen LogP contribution in [0, 0.1) is 19.7 Å². The number of hydrogen-bond acceptors (Lipinski definition) is 4. The van der Waals surface area contributed by atoms with Gasteiger partial charge in [0.1, 0.15) is 5.82 Å². The van der Waals surface area contributed by atoms with Crippen molar-refractivity contribution < 1.29 is 9.18 Å². The maximum Gasteiger partial charge on any atom is 0.233 e. The van der Waals surface area contributed by atoms with Gasteiger partial charge in [-0.3, -0.25) is 14.4 Å². The van der Waals surface area contributed by atoms with Crippen LogP contribution in [0.15, 0.2) is 54.9 Å².